The molecule has 0 saturated carbocycles. The van der Waals surface area contributed by atoms with Crippen LogP contribution < -0.4 is 4.74 Å². The second-order valence-electron chi connectivity index (χ2n) is 4.94. The monoisotopic (exact) mass is 360 g/mol. The molecule has 0 aromatic heterocycles. The van der Waals surface area contributed by atoms with Crippen LogP contribution in [0.25, 0.3) is 0 Å². The zero-order valence-electron chi connectivity index (χ0n) is 11.6. The zero-order chi connectivity index (χ0) is 13.2. The van der Waals surface area contributed by atoms with Gasteiger partial charge in [-0.2, -0.15) is 0 Å². The lowest BCUT2D eigenvalue weighted by Crippen LogP contribution is -2.11. The normalized spacial score (nSPS) is 12.4. The summed E-state index contributed by atoms with van der Waals surface area (Å²) in [5.41, 5.74) is 0. The van der Waals surface area contributed by atoms with Crippen molar-refractivity contribution in [1.29, 1.82) is 0 Å². The number of hydrogen-bond acceptors (Lipinski definition) is 1. The quantitative estimate of drug-likeness (QED) is 0.399. The van der Waals surface area contributed by atoms with Crippen LogP contribution in [0.15, 0.2) is 24.3 Å². The third-order valence-electron chi connectivity index (χ3n) is 3.12. The van der Waals surface area contributed by atoms with Crippen LogP contribution in [0.3, 0.4) is 0 Å². The number of ether oxygens (including phenoxy) is 1. The van der Waals surface area contributed by atoms with Gasteiger partial charge in [0, 0.05) is 3.57 Å². The summed E-state index contributed by atoms with van der Waals surface area (Å²) in [4.78, 5) is 0. The zero-order valence-corrected chi connectivity index (χ0v) is 13.8. The van der Waals surface area contributed by atoms with Crippen LogP contribution >= 0.6 is 22.6 Å². The minimum absolute atomic E-state index is 0.330. The molecule has 1 nitrogen and oxygen atoms in total. The SMILES string of the molecule is CCCCCCCCC(C)Oc1ccc(I)cc1. The van der Waals surface area contributed by atoms with Gasteiger partial charge in [-0.05, 0) is 66.6 Å². The van der Waals surface area contributed by atoms with Gasteiger partial charge in [-0.15, -0.1) is 0 Å². The molecule has 0 spiro atoms. The minimum atomic E-state index is 0.330. The summed E-state index contributed by atoms with van der Waals surface area (Å²) in [6, 6.07) is 8.29. The highest BCUT2D eigenvalue weighted by atomic mass is 127. The van der Waals surface area contributed by atoms with Crippen LogP contribution in [0.2, 0.25) is 0 Å². The Kier molecular flexibility index (Phi) is 8.47. The van der Waals surface area contributed by atoms with Gasteiger partial charge < -0.3 is 4.74 Å². The molecule has 0 fully saturated rings. The maximum Gasteiger partial charge on any atom is 0.119 e. The molecule has 0 aliphatic heterocycles. The molecular weight excluding hydrogens is 335 g/mol. The highest BCUT2D eigenvalue weighted by Gasteiger charge is 2.03. The fourth-order valence-corrected chi connectivity index (χ4v) is 2.38. The van der Waals surface area contributed by atoms with E-state index < -0.39 is 0 Å². The Hall–Kier alpha value is -0.250. The van der Waals surface area contributed by atoms with Gasteiger partial charge >= 0.3 is 0 Å². The van der Waals surface area contributed by atoms with Gasteiger partial charge in [0.05, 0.1) is 6.10 Å². The summed E-state index contributed by atoms with van der Waals surface area (Å²) < 4.78 is 7.15. The largest absolute Gasteiger partial charge is 0.491 e. The Bertz CT molecular complexity index is 307. The topological polar surface area (TPSA) is 9.23 Å². The second-order valence-corrected chi connectivity index (χ2v) is 6.18. The predicted octanol–water partition coefficient (Wildman–Crippen LogP) is 5.81. The van der Waals surface area contributed by atoms with Crippen molar-refractivity contribution in [2.24, 2.45) is 0 Å². The number of hydrogen-bond donors (Lipinski definition) is 0. The summed E-state index contributed by atoms with van der Waals surface area (Å²) >= 11 is 2.31. The Morgan fingerprint density at radius 1 is 1.00 bits per heavy atom. The Morgan fingerprint density at radius 2 is 1.61 bits per heavy atom. The Morgan fingerprint density at radius 3 is 2.28 bits per heavy atom. The fraction of sp³-hybridized carbons (Fsp3) is 0.625. The van der Waals surface area contributed by atoms with E-state index in [9.17, 15) is 0 Å². The minimum Gasteiger partial charge on any atom is -0.491 e. The van der Waals surface area contributed by atoms with Gasteiger partial charge in [-0.1, -0.05) is 39.0 Å². The van der Waals surface area contributed by atoms with Crippen molar-refractivity contribution in [3.05, 3.63) is 27.8 Å². The van der Waals surface area contributed by atoms with Crippen molar-refractivity contribution < 1.29 is 4.74 Å². The second kappa shape index (κ2) is 9.65. The van der Waals surface area contributed by atoms with Crippen LogP contribution in [0.5, 0.6) is 5.75 Å². The number of halogens is 1. The van der Waals surface area contributed by atoms with Gasteiger partial charge in [-0.3, -0.25) is 0 Å². The first kappa shape index (κ1) is 15.8. The molecule has 0 amide bonds. The van der Waals surface area contributed by atoms with Crippen molar-refractivity contribution in [3.63, 3.8) is 0 Å². The first-order valence-electron chi connectivity index (χ1n) is 7.14. The smallest absolute Gasteiger partial charge is 0.119 e. The van der Waals surface area contributed by atoms with Crippen molar-refractivity contribution in [3.8, 4) is 5.75 Å². The van der Waals surface area contributed by atoms with Gasteiger partial charge in [-0.25, -0.2) is 0 Å². The summed E-state index contributed by atoms with van der Waals surface area (Å²) in [5, 5.41) is 0. The number of benzene rings is 1. The highest BCUT2D eigenvalue weighted by Crippen LogP contribution is 2.17. The molecule has 0 saturated heterocycles. The molecule has 102 valence electrons. The third-order valence-corrected chi connectivity index (χ3v) is 3.83. The van der Waals surface area contributed by atoms with E-state index in [1.807, 2.05) is 0 Å². The maximum atomic E-state index is 5.89. The van der Waals surface area contributed by atoms with E-state index in [-0.39, 0.29) is 0 Å². The van der Waals surface area contributed by atoms with E-state index in [1.165, 1.54) is 42.1 Å². The van der Waals surface area contributed by atoms with Crippen LogP contribution in [0.4, 0.5) is 0 Å². The lowest BCUT2D eigenvalue weighted by atomic mass is 10.1. The van der Waals surface area contributed by atoms with Gasteiger partial charge in [0.25, 0.3) is 0 Å². The van der Waals surface area contributed by atoms with E-state index in [2.05, 4.69) is 60.7 Å². The molecule has 0 bridgehead atoms. The average Bonchev–Trinajstić information content (AvgIpc) is 2.36. The molecule has 0 radical (unpaired) electrons. The van der Waals surface area contributed by atoms with E-state index in [0.717, 1.165) is 12.2 Å². The molecular formula is C16H25IO. The molecule has 1 aromatic rings. The first-order chi connectivity index (χ1) is 8.72. The van der Waals surface area contributed by atoms with E-state index in [4.69, 9.17) is 4.74 Å². The highest BCUT2D eigenvalue weighted by molar-refractivity contribution is 14.1. The summed E-state index contributed by atoms with van der Waals surface area (Å²) in [7, 11) is 0. The lowest BCUT2D eigenvalue weighted by Gasteiger charge is -2.14. The van der Waals surface area contributed by atoms with Crippen molar-refractivity contribution in [2.45, 2.75) is 64.9 Å². The molecule has 0 N–H and O–H groups in total. The Balaban J connectivity index is 2.10. The van der Waals surface area contributed by atoms with E-state index in [0.29, 0.717) is 6.10 Å². The van der Waals surface area contributed by atoms with Crippen LogP contribution in [-0.4, -0.2) is 6.10 Å². The molecule has 1 atom stereocenters. The Labute approximate surface area is 125 Å². The number of rotatable bonds is 9. The lowest BCUT2D eigenvalue weighted by molar-refractivity contribution is 0.206. The van der Waals surface area contributed by atoms with Crippen LogP contribution in [0.1, 0.15) is 58.8 Å². The number of unbranched alkanes of at least 4 members (excludes halogenated alkanes) is 5. The van der Waals surface area contributed by atoms with Crippen molar-refractivity contribution in [2.75, 3.05) is 0 Å². The molecule has 1 rings (SSSR count). The van der Waals surface area contributed by atoms with Crippen molar-refractivity contribution >= 4 is 22.6 Å². The van der Waals surface area contributed by atoms with Crippen LogP contribution in [-0.2, 0) is 0 Å². The predicted molar refractivity (Wildman–Crippen MR) is 87.2 cm³/mol. The third kappa shape index (κ3) is 7.24. The van der Waals surface area contributed by atoms with Crippen molar-refractivity contribution in [1.82, 2.24) is 0 Å². The molecule has 0 aliphatic rings. The summed E-state index contributed by atoms with van der Waals surface area (Å²) in [6.45, 7) is 4.43. The van der Waals surface area contributed by atoms with Gasteiger partial charge in [0.2, 0.25) is 0 Å². The summed E-state index contributed by atoms with van der Waals surface area (Å²) in [5.74, 6) is 0.994. The van der Waals surface area contributed by atoms with Gasteiger partial charge in [0.15, 0.2) is 0 Å². The average molecular weight is 360 g/mol. The summed E-state index contributed by atoms with van der Waals surface area (Å²) in [6.07, 6.45) is 9.61. The molecule has 2 heteroatoms. The fourth-order valence-electron chi connectivity index (χ4n) is 2.02. The maximum absolute atomic E-state index is 5.89. The van der Waals surface area contributed by atoms with E-state index >= 15 is 0 Å². The molecule has 18 heavy (non-hydrogen) atoms. The molecule has 0 heterocycles. The molecule has 0 aliphatic carbocycles. The molecule has 1 aromatic carbocycles. The first-order valence-corrected chi connectivity index (χ1v) is 8.22. The van der Waals surface area contributed by atoms with E-state index in [1.54, 1.807) is 0 Å². The molecule has 1 unspecified atom stereocenters. The van der Waals surface area contributed by atoms with Gasteiger partial charge in [0.1, 0.15) is 5.75 Å². The van der Waals surface area contributed by atoms with Crippen LogP contribution in [0, 0.1) is 3.57 Å². The standard InChI is InChI=1S/C16H25IO/c1-3-4-5-6-7-8-9-14(2)18-16-12-10-15(17)11-13-16/h10-14H,3-9H2,1-2H3.